The SMILES string of the molecule is C/C=C/C=C(\N)C(CC1CCOCC1)c1ccc(SC)cn1. The van der Waals surface area contributed by atoms with E-state index in [1.54, 1.807) is 11.8 Å². The molecule has 4 heteroatoms. The van der Waals surface area contributed by atoms with Crippen LogP contribution >= 0.6 is 11.8 Å². The van der Waals surface area contributed by atoms with Crippen LogP contribution in [0.25, 0.3) is 0 Å². The Morgan fingerprint density at radius 3 is 2.82 bits per heavy atom. The molecule has 2 heterocycles. The Hall–Kier alpha value is -1.26. The smallest absolute Gasteiger partial charge is 0.0494 e. The maximum Gasteiger partial charge on any atom is 0.0494 e. The molecular formula is C18H26N2OS. The minimum Gasteiger partial charge on any atom is -0.401 e. The Kier molecular flexibility index (Phi) is 7.00. The fourth-order valence-corrected chi connectivity index (χ4v) is 3.15. The average Bonchev–Trinajstić information content (AvgIpc) is 2.58. The molecule has 0 aliphatic carbocycles. The fourth-order valence-electron chi connectivity index (χ4n) is 2.79. The highest BCUT2D eigenvalue weighted by Crippen LogP contribution is 2.32. The van der Waals surface area contributed by atoms with E-state index in [1.165, 1.54) is 4.90 Å². The van der Waals surface area contributed by atoms with Gasteiger partial charge in [-0.15, -0.1) is 11.8 Å². The first-order valence-electron chi connectivity index (χ1n) is 7.90. The zero-order valence-corrected chi connectivity index (χ0v) is 14.3. The topological polar surface area (TPSA) is 48.1 Å². The third-order valence-electron chi connectivity index (χ3n) is 4.15. The molecule has 1 saturated heterocycles. The van der Waals surface area contributed by atoms with E-state index in [4.69, 9.17) is 10.5 Å². The van der Waals surface area contributed by atoms with E-state index in [0.29, 0.717) is 5.92 Å². The van der Waals surface area contributed by atoms with Gasteiger partial charge in [0.2, 0.25) is 0 Å². The van der Waals surface area contributed by atoms with Gasteiger partial charge in [-0.1, -0.05) is 12.2 Å². The second-order valence-electron chi connectivity index (χ2n) is 5.66. The van der Waals surface area contributed by atoms with E-state index < -0.39 is 0 Å². The predicted molar refractivity (Wildman–Crippen MR) is 94.0 cm³/mol. The van der Waals surface area contributed by atoms with E-state index in [-0.39, 0.29) is 5.92 Å². The maximum absolute atomic E-state index is 6.36. The summed E-state index contributed by atoms with van der Waals surface area (Å²) in [5, 5.41) is 0. The summed E-state index contributed by atoms with van der Waals surface area (Å²) in [4.78, 5) is 5.83. The van der Waals surface area contributed by atoms with Crippen LogP contribution in [0.1, 0.15) is 37.8 Å². The van der Waals surface area contributed by atoms with Crippen molar-refractivity contribution in [3.05, 3.63) is 47.9 Å². The van der Waals surface area contributed by atoms with Gasteiger partial charge in [0.25, 0.3) is 0 Å². The van der Waals surface area contributed by atoms with Crippen LogP contribution in [0, 0.1) is 5.92 Å². The number of ether oxygens (including phenoxy) is 1. The molecule has 1 atom stereocenters. The lowest BCUT2D eigenvalue weighted by atomic mass is 9.85. The molecule has 1 aliphatic heterocycles. The van der Waals surface area contributed by atoms with Gasteiger partial charge in [-0.2, -0.15) is 0 Å². The van der Waals surface area contributed by atoms with Crippen LogP contribution in [-0.4, -0.2) is 24.5 Å². The van der Waals surface area contributed by atoms with Gasteiger partial charge in [0.05, 0.1) is 0 Å². The summed E-state index contributed by atoms with van der Waals surface area (Å²) in [7, 11) is 0. The van der Waals surface area contributed by atoms with Crippen molar-refractivity contribution in [3.63, 3.8) is 0 Å². The summed E-state index contributed by atoms with van der Waals surface area (Å²) in [5.41, 5.74) is 8.33. The number of aromatic nitrogens is 1. The molecule has 0 bridgehead atoms. The third-order valence-corrected chi connectivity index (χ3v) is 4.86. The molecule has 0 radical (unpaired) electrons. The molecule has 1 unspecified atom stereocenters. The zero-order valence-electron chi connectivity index (χ0n) is 13.5. The number of rotatable bonds is 6. The number of nitrogens with two attached hydrogens (primary N) is 1. The van der Waals surface area contributed by atoms with E-state index in [9.17, 15) is 0 Å². The van der Waals surface area contributed by atoms with Gasteiger partial charge in [-0.25, -0.2) is 0 Å². The van der Waals surface area contributed by atoms with Gasteiger partial charge < -0.3 is 10.5 Å². The first-order valence-corrected chi connectivity index (χ1v) is 9.13. The molecule has 1 aromatic rings. The highest BCUT2D eigenvalue weighted by molar-refractivity contribution is 7.98. The fraction of sp³-hybridized carbons (Fsp3) is 0.500. The highest BCUT2D eigenvalue weighted by atomic mass is 32.2. The van der Waals surface area contributed by atoms with Crippen molar-refractivity contribution in [1.29, 1.82) is 0 Å². The summed E-state index contributed by atoms with van der Waals surface area (Å²) in [5.74, 6) is 0.855. The minimum absolute atomic E-state index is 0.190. The van der Waals surface area contributed by atoms with Gasteiger partial charge in [0, 0.05) is 41.6 Å². The monoisotopic (exact) mass is 318 g/mol. The van der Waals surface area contributed by atoms with Crippen LogP contribution in [0.15, 0.2) is 47.2 Å². The van der Waals surface area contributed by atoms with Crippen LogP contribution in [0.2, 0.25) is 0 Å². The Bertz CT molecular complexity index is 504. The van der Waals surface area contributed by atoms with Gasteiger partial charge in [-0.3, -0.25) is 4.98 Å². The molecule has 0 amide bonds. The Labute approximate surface area is 138 Å². The van der Waals surface area contributed by atoms with E-state index in [2.05, 4.69) is 23.4 Å². The van der Waals surface area contributed by atoms with Crippen molar-refractivity contribution in [1.82, 2.24) is 4.98 Å². The van der Waals surface area contributed by atoms with Crippen LogP contribution in [-0.2, 0) is 4.74 Å². The first-order chi connectivity index (χ1) is 10.7. The molecule has 1 aromatic heterocycles. The second kappa shape index (κ2) is 9.01. The molecule has 2 rings (SSSR count). The van der Waals surface area contributed by atoms with Crippen molar-refractivity contribution in [2.75, 3.05) is 19.5 Å². The third kappa shape index (κ3) is 4.89. The summed E-state index contributed by atoms with van der Waals surface area (Å²) in [6.45, 7) is 3.74. The van der Waals surface area contributed by atoms with Crippen molar-refractivity contribution in [3.8, 4) is 0 Å². The normalized spacial score (nSPS) is 18.7. The maximum atomic E-state index is 6.36. The zero-order chi connectivity index (χ0) is 15.8. The quantitative estimate of drug-likeness (QED) is 0.633. The van der Waals surface area contributed by atoms with Crippen molar-refractivity contribution < 1.29 is 4.74 Å². The van der Waals surface area contributed by atoms with E-state index >= 15 is 0 Å². The number of thioether (sulfide) groups is 1. The van der Waals surface area contributed by atoms with Gasteiger partial charge >= 0.3 is 0 Å². The van der Waals surface area contributed by atoms with Crippen LogP contribution in [0.5, 0.6) is 0 Å². The van der Waals surface area contributed by atoms with Gasteiger partial charge in [0.1, 0.15) is 0 Å². The van der Waals surface area contributed by atoms with Crippen molar-refractivity contribution >= 4 is 11.8 Å². The lowest BCUT2D eigenvalue weighted by Gasteiger charge is -2.27. The number of hydrogen-bond donors (Lipinski definition) is 1. The summed E-state index contributed by atoms with van der Waals surface area (Å²) < 4.78 is 5.47. The predicted octanol–water partition coefficient (Wildman–Crippen LogP) is 4.12. The Balaban J connectivity index is 2.18. The Morgan fingerprint density at radius 1 is 1.45 bits per heavy atom. The average molecular weight is 318 g/mol. The number of nitrogens with zero attached hydrogens (tertiary/aromatic N) is 1. The van der Waals surface area contributed by atoms with Crippen molar-refractivity contribution in [2.24, 2.45) is 11.7 Å². The van der Waals surface area contributed by atoms with Crippen LogP contribution < -0.4 is 5.73 Å². The molecule has 2 N–H and O–H groups in total. The number of hydrogen-bond acceptors (Lipinski definition) is 4. The molecule has 0 aromatic carbocycles. The van der Waals surface area contributed by atoms with Crippen LogP contribution in [0.4, 0.5) is 0 Å². The highest BCUT2D eigenvalue weighted by Gasteiger charge is 2.23. The van der Waals surface area contributed by atoms with Gasteiger partial charge in [0.15, 0.2) is 0 Å². The van der Waals surface area contributed by atoms with Crippen molar-refractivity contribution in [2.45, 2.75) is 37.0 Å². The second-order valence-corrected chi connectivity index (χ2v) is 6.54. The molecule has 0 spiro atoms. The lowest BCUT2D eigenvalue weighted by molar-refractivity contribution is 0.0624. The number of pyridine rings is 1. The summed E-state index contributed by atoms with van der Waals surface area (Å²) in [6.07, 6.45) is 13.3. The van der Waals surface area contributed by atoms with Crippen LogP contribution in [0.3, 0.4) is 0 Å². The minimum atomic E-state index is 0.190. The van der Waals surface area contributed by atoms with Gasteiger partial charge in [-0.05, 0) is 56.6 Å². The molecule has 1 fully saturated rings. The summed E-state index contributed by atoms with van der Waals surface area (Å²) in [6, 6.07) is 4.25. The molecule has 22 heavy (non-hydrogen) atoms. The van der Waals surface area contributed by atoms with E-state index in [0.717, 1.165) is 43.9 Å². The first kappa shape index (κ1) is 17.1. The Morgan fingerprint density at radius 2 is 2.23 bits per heavy atom. The number of allylic oxidation sites excluding steroid dienone is 4. The molecular weight excluding hydrogens is 292 g/mol. The molecule has 120 valence electrons. The standard InChI is InChI=1S/C18H26N2OS/c1-3-4-5-17(19)16(12-14-8-10-21-11-9-14)18-7-6-15(22-2)13-20-18/h3-7,13-14,16H,8-12,19H2,1-2H3/b4-3+,17-5-. The molecule has 3 nitrogen and oxygen atoms in total. The summed E-state index contributed by atoms with van der Waals surface area (Å²) >= 11 is 1.71. The largest absolute Gasteiger partial charge is 0.401 e. The lowest BCUT2D eigenvalue weighted by Crippen LogP contribution is -2.21. The van der Waals surface area contributed by atoms with E-state index in [1.807, 2.05) is 31.3 Å². The molecule has 0 saturated carbocycles. The molecule has 1 aliphatic rings.